The van der Waals surface area contributed by atoms with Gasteiger partial charge in [0.2, 0.25) is 5.91 Å². The van der Waals surface area contributed by atoms with Crippen molar-refractivity contribution in [1.29, 1.82) is 0 Å². The fourth-order valence-corrected chi connectivity index (χ4v) is 4.35. The van der Waals surface area contributed by atoms with Crippen LogP contribution in [0.2, 0.25) is 10.0 Å². The molecular formula is C16H12BrCl2NOS. The van der Waals surface area contributed by atoms with Crippen LogP contribution >= 0.6 is 50.9 Å². The summed E-state index contributed by atoms with van der Waals surface area (Å²) < 4.78 is 1.02. The summed E-state index contributed by atoms with van der Waals surface area (Å²) in [4.78, 5) is 14.2. The van der Waals surface area contributed by atoms with Crippen molar-refractivity contribution in [2.75, 3.05) is 10.7 Å². The number of rotatable bonds is 2. The number of thioether (sulfide) groups is 1. The lowest BCUT2D eigenvalue weighted by molar-refractivity contribution is -0.115. The third kappa shape index (κ3) is 2.90. The number of amides is 1. The first-order valence-corrected chi connectivity index (χ1v) is 9.22. The first-order valence-electron chi connectivity index (χ1n) is 6.63. The van der Waals surface area contributed by atoms with Gasteiger partial charge in [-0.1, -0.05) is 51.3 Å². The van der Waals surface area contributed by atoms with E-state index in [-0.39, 0.29) is 11.3 Å². The van der Waals surface area contributed by atoms with Crippen LogP contribution in [0.5, 0.6) is 0 Å². The van der Waals surface area contributed by atoms with Gasteiger partial charge in [-0.05, 0) is 36.8 Å². The van der Waals surface area contributed by atoms with E-state index in [0.717, 1.165) is 21.3 Å². The lowest BCUT2D eigenvalue weighted by Gasteiger charge is -2.25. The van der Waals surface area contributed by atoms with Crippen LogP contribution < -0.4 is 4.90 Å². The molecule has 1 atom stereocenters. The minimum Gasteiger partial charge on any atom is -0.295 e. The molecule has 0 N–H and O–H groups in total. The molecule has 0 aromatic heterocycles. The molecule has 1 aliphatic heterocycles. The molecular weight excluding hydrogens is 405 g/mol. The van der Waals surface area contributed by atoms with Crippen molar-refractivity contribution in [3.8, 4) is 0 Å². The number of nitrogens with zero attached hydrogens (tertiary/aromatic N) is 1. The molecule has 114 valence electrons. The summed E-state index contributed by atoms with van der Waals surface area (Å²) in [5.74, 6) is 0.510. The highest BCUT2D eigenvalue weighted by molar-refractivity contribution is 9.10. The van der Waals surface area contributed by atoms with Gasteiger partial charge in [-0.15, -0.1) is 11.8 Å². The van der Waals surface area contributed by atoms with Crippen molar-refractivity contribution < 1.29 is 4.79 Å². The van der Waals surface area contributed by atoms with Crippen molar-refractivity contribution in [2.45, 2.75) is 12.3 Å². The number of aryl methyl sites for hydroxylation is 1. The smallest absolute Gasteiger partial charge is 0.238 e. The summed E-state index contributed by atoms with van der Waals surface area (Å²) >= 11 is 17.5. The van der Waals surface area contributed by atoms with Crippen LogP contribution in [0.25, 0.3) is 0 Å². The van der Waals surface area contributed by atoms with Gasteiger partial charge in [0.25, 0.3) is 0 Å². The zero-order valence-corrected chi connectivity index (χ0v) is 15.6. The zero-order chi connectivity index (χ0) is 15.9. The van der Waals surface area contributed by atoms with E-state index in [1.165, 1.54) is 0 Å². The SMILES string of the molecule is Cc1cc(N2C(=O)CS[C@@H]2c2cccc(Cl)c2Cl)ccc1Br. The Labute approximate surface area is 151 Å². The molecule has 3 rings (SSSR count). The van der Waals surface area contributed by atoms with Crippen LogP contribution in [0.3, 0.4) is 0 Å². The van der Waals surface area contributed by atoms with Crippen LogP contribution in [0.4, 0.5) is 5.69 Å². The summed E-state index contributed by atoms with van der Waals surface area (Å²) in [6, 6.07) is 11.4. The molecule has 0 radical (unpaired) electrons. The third-order valence-corrected chi connectivity index (χ3v) is 6.45. The van der Waals surface area contributed by atoms with Crippen LogP contribution in [0, 0.1) is 6.92 Å². The Morgan fingerprint density at radius 1 is 1.27 bits per heavy atom. The molecule has 1 amide bonds. The normalized spacial score (nSPS) is 18.1. The van der Waals surface area contributed by atoms with Gasteiger partial charge >= 0.3 is 0 Å². The number of halogens is 3. The zero-order valence-electron chi connectivity index (χ0n) is 11.6. The monoisotopic (exact) mass is 415 g/mol. The number of hydrogen-bond donors (Lipinski definition) is 0. The maximum atomic E-state index is 12.4. The Hall–Kier alpha value is -0.680. The molecule has 1 fully saturated rings. The second-order valence-corrected chi connectivity index (χ2v) is 7.71. The Morgan fingerprint density at radius 2 is 2.05 bits per heavy atom. The molecule has 2 nitrogen and oxygen atoms in total. The van der Waals surface area contributed by atoms with Gasteiger partial charge in [0.15, 0.2) is 0 Å². The highest BCUT2D eigenvalue weighted by Gasteiger charge is 2.35. The first-order chi connectivity index (χ1) is 10.5. The average molecular weight is 417 g/mol. The van der Waals surface area contributed by atoms with E-state index >= 15 is 0 Å². The number of carbonyl (C=O) groups is 1. The molecule has 1 heterocycles. The van der Waals surface area contributed by atoms with Crippen LogP contribution in [-0.4, -0.2) is 11.7 Å². The molecule has 6 heteroatoms. The molecule has 2 aromatic carbocycles. The van der Waals surface area contributed by atoms with Crippen LogP contribution in [-0.2, 0) is 4.79 Å². The summed E-state index contributed by atoms with van der Waals surface area (Å²) in [5, 5.41) is 0.862. The second-order valence-electron chi connectivity index (χ2n) is 5.00. The number of anilines is 1. The molecule has 0 saturated carbocycles. The Bertz CT molecular complexity index is 753. The highest BCUT2D eigenvalue weighted by Crippen LogP contribution is 2.45. The summed E-state index contributed by atoms with van der Waals surface area (Å²) in [6.07, 6.45) is 0. The number of hydrogen-bond acceptors (Lipinski definition) is 2. The number of carbonyl (C=O) groups excluding carboxylic acids is 1. The number of benzene rings is 2. The van der Waals surface area contributed by atoms with E-state index in [9.17, 15) is 4.79 Å². The Balaban J connectivity index is 2.06. The largest absolute Gasteiger partial charge is 0.295 e. The summed E-state index contributed by atoms with van der Waals surface area (Å²) in [7, 11) is 0. The van der Waals surface area contributed by atoms with Crippen molar-refractivity contribution in [3.05, 3.63) is 62.0 Å². The fourth-order valence-electron chi connectivity index (χ4n) is 2.42. The maximum Gasteiger partial charge on any atom is 0.238 e. The van der Waals surface area contributed by atoms with E-state index < -0.39 is 0 Å². The molecule has 0 bridgehead atoms. The first kappa shape index (κ1) is 16.2. The molecule has 1 aliphatic rings. The molecule has 22 heavy (non-hydrogen) atoms. The quantitative estimate of drug-likeness (QED) is 0.612. The Kier molecular flexibility index (Phi) is 4.74. The minimum absolute atomic E-state index is 0.0766. The average Bonchev–Trinajstić information content (AvgIpc) is 2.86. The van der Waals surface area contributed by atoms with Crippen molar-refractivity contribution in [2.24, 2.45) is 0 Å². The lowest BCUT2D eigenvalue weighted by atomic mass is 10.1. The highest BCUT2D eigenvalue weighted by atomic mass is 79.9. The van der Waals surface area contributed by atoms with Gasteiger partial charge in [0.05, 0.1) is 15.8 Å². The topological polar surface area (TPSA) is 20.3 Å². The molecule has 0 aliphatic carbocycles. The standard InChI is InChI=1S/C16H12BrCl2NOS/c1-9-7-10(5-6-12(9)17)20-14(21)8-22-16(20)11-3-2-4-13(18)15(11)19/h2-7,16H,8H2,1H3/t16-/m1/s1. The summed E-state index contributed by atoms with van der Waals surface area (Å²) in [6.45, 7) is 2.00. The summed E-state index contributed by atoms with van der Waals surface area (Å²) in [5.41, 5.74) is 2.82. The third-order valence-electron chi connectivity index (χ3n) is 3.54. The molecule has 1 saturated heterocycles. The van der Waals surface area contributed by atoms with Crippen molar-refractivity contribution in [1.82, 2.24) is 0 Å². The van der Waals surface area contributed by atoms with Gasteiger partial charge in [0.1, 0.15) is 5.37 Å². The van der Waals surface area contributed by atoms with E-state index in [2.05, 4.69) is 15.9 Å². The van der Waals surface area contributed by atoms with Crippen molar-refractivity contribution >= 4 is 62.5 Å². The van der Waals surface area contributed by atoms with Crippen LogP contribution in [0.1, 0.15) is 16.5 Å². The van der Waals surface area contributed by atoms with E-state index in [1.54, 1.807) is 22.7 Å². The maximum absolute atomic E-state index is 12.4. The van der Waals surface area contributed by atoms with Crippen molar-refractivity contribution in [3.63, 3.8) is 0 Å². The predicted molar refractivity (Wildman–Crippen MR) is 98.0 cm³/mol. The lowest BCUT2D eigenvalue weighted by Crippen LogP contribution is -2.28. The van der Waals surface area contributed by atoms with Gasteiger partial charge in [-0.25, -0.2) is 0 Å². The van der Waals surface area contributed by atoms with Gasteiger partial charge in [-0.2, -0.15) is 0 Å². The van der Waals surface area contributed by atoms with Gasteiger partial charge in [-0.3, -0.25) is 9.69 Å². The van der Waals surface area contributed by atoms with Gasteiger partial charge in [0, 0.05) is 15.7 Å². The van der Waals surface area contributed by atoms with Gasteiger partial charge < -0.3 is 0 Å². The van der Waals surface area contributed by atoms with Crippen LogP contribution in [0.15, 0.2) is 40.9 Å². The van der Waals surface area contributed by atoms with E-state index in [1.807, 2.05) is 37.3 Å². The van der Waals surface area contributed by atoms with E-state index in [0.29, 0.717) is 15.8 Å². The fraction of sp³-hybridized carbons (Fsp3) is 0.188. The predicted octanol–water partition coefficient (Wildman–Crippen LogP) is 5.84. The van der Waals surface area contributed by atoms with E-state index in [4.69, 9.17) is 23.2 Å². The second kappa shape index (κ2) is 6.44. The molecule has 0 unspecified atom stereocenters. The molecule has 0 spiro atoms. The minimum atomic E-state index is -0.153. The molecule has 2 aromatic rings. The Morgan fingerprint density at radius 3 is 2.77 bits per heavy atom.